The van der Waals surface area contributed by atoms with Crippen LogP contribution in [0.5, 0.6) is 0 Å². The van der Waals surface area contributed by atoms with Crippen molar-refractivity contribution >= 4 is 32.9 Å². The molecule has 0 saturated heterocycles. The third kappa shape index (κ3) is 3.22. The summed E-state index contributed by atoms with van der Waals surface area (Å²) in [4.78, 5) is 0.143. The van der Waals surface area contributed by atoms with E-state index in [0.29, 0.717) is 6.54 Å². The molecule has 0 fully saturated rings. The smallest absolute Gasteiger partial charge is 0.238 e. The van der Waals surface area contributed by atoms with E-state index in [-0.39, 0.29) is 4.90 Å². The van der Waals surface area contributed by atoms with Crippen LogP contribution in [0.3, 0.4) is 0 Å². The standard InChI is InChI=1S/C7H9IN2O2S/c8-10-5-6-1-3-7(4-2-6)13(9,11)12/h1-4,10H,5H2,(H2,9,11,12). The van der Waals surface area contributed by atoms with Crippen molar-refractivity contribution in [1.29, 1.82) is 0 Å². The molecule has 0 aliphatic rings. The van der Waals surface area contributed by atoms with Crippen molar-refractivity contribution in [1.82, 2.24) is 3.53 Å². The first-order valence-corrected chi connectivity index (χ1v) is 6.12. The summed E-state index contributed by atoms with van der Waals surface area (Å²) in [6, 6.07) is 6.45. The molecule has 1 aromatic rings. The van der Waals surface area contributed by atoms with Crippen molar-refractivity contribution in [2.45, 2.75) is 11.4 Å². The highest BCUT2D eigenvalue weighted by Crippen LogP contribution is 2.08. The molecule has 3 N–H and O–H groups in total. The minimum Gasteiger partial charge on any atom is -0.257 e. The van der Waals surface area contributed by atoms with Gasteiger partial charge in [-0.1, -0.05) is 12.1 Å². The van der Waals surface area contributed by atoms with Gasteiger partial charge in [0.05, 0.1) is 4.90 Å². The average molecular weight is 312 g/mol. The molecule has 6 heteroatoms. The van der Waals surface area contributed by atoms with E-state index in [1.165, 1.54) is 12.1 Å². The van der Waals surface area contributed by atoms with Crippen LogP contribution in [-0.2, 0) is 16.6 Å². The predicted octanol–water partition coefficient (Wildman–Crippen LogP) is 0.774. The van der Waals surface area contributed by atoms with Crippen LogP contribution >= 0.6 is 22.9 Å². The Balaban J connectivity index is 2.94. The van der Waals surface area contributed by atoms with Gasteiger partial charge in [-0.3, -0.25) is 3.53 Å². The minimum atomic E-state index is -3.56. The summed E-state index contributed by atoms with van der Waals surface area (Å²) in [5.74, 6) is 0. The number of hydrogen-bond acceptors (Lipinski definition) is 3. The highest BCUT2D eigenvalue weighted by atomic mass is 127. The third-order valence-electron chi connectivity index (χ3n) is 1.52. The zero-order valence-corrected chi connectivity index (χ0v) is 9.67. The van der Waals surface area contributed by atoms with Crippen LogP contribution < -0.4 is 8.67 Å². The fourth-order valence-electron chi connectivity index (χ4n) is 0.874. The zero-order valence-electron chi connectivity index (χ0n) is 6.70. The molecule has 4 nitrogen and oxygen atoms in total. The molecule has 72 valence electrons. The van der Waals surface area contributed by atoms with E-state index in [1.54, 1.807) is 12.1 Å². The second-order valence-corrected chi connectivity index (χ2v) is 4.82. The van der Waals surface area contributed by atoms with Crippen LogP contribution in [0.15, 0.2) is 29.2 Å². The summed E-state index contributed by atoms with van der Waals surface area (Å²) in [7, 11) is -3.56. The molecule has 0 bridgehead atoms. The molecule has 1 rings (SSSR count). The summed E-state index contributed by atoms with van der Waals surface area (Å²) in [5, 5.41) is 4.94. The molecule has 0 amide bonds. The van der Waals surface area contributed by atoms with Crippen molar-refractivity contribution in [3.8, 4) is 0 Å². The van der Waals surface area contributed by atoms with Gasteiger partial charge in [0.2, 0.25) is 10.0 Å². The van der Waals surface area contributed by atoms with Gasteiger partial charge in [0.1, 0.15) is 0 Å². The number of nitrogens with two attached hydrogens (primary N) is 1. The SMILES string of the molecule is NS(=O)(=O)c1ccc(CNI)cc1. The first-order valence-electron chi connectivity index (χ1n) is 3.49. The van der Waals surface area contributed by atoms with Gasteiger partial charge in [0, 0.05) is 29.4 Å². The van der Waals surface area contributed by atoms with Crippen LogP contribution in [-0.4, -0.2) is 8.42 Å². The Morgan fingerprint density at radius 1 is 1.31 bits per heavy atom. The maximum absolute atomic E-state index is 10.9. The first-order chi connectivity index (χ1) is 6.04. The van der Waals surface area contributed by atoms with E-state index in [1.807, 2.05) is 22.9 Å². The van der Waals surface area contributed by atoms with Gasteiger partial charge in [-0.05, 0) is 17.7 Å². The topological polar surface area (TPSA) is 72.2 Å². The van der Waals surface area contributed by atoms with Crippen molar-refractivity contribution in [3.05, 3.63) is 29.8 Å². The molecular weight excluding hydrogens is 303 g/mol. The second-order valence-electron chi connectivity index (χ2n) is 2.50. The van der Waals surface area contributed by atoms with E-state index in [9.17, 15) is 8.42 Å². The number of nitrogens with one attached hydrogen (secondary N) is 1. The van der Waals surface area contributed by atoms with E-state index in [0.717, 1.165) is 5.56 Å². The molecule has 0 saturated carbocycles. The Kier molecular flexibility index (Phi) is 3.65. The Morgan fingerprint density at radius 2 is 1.85 bits per heavy atom. The summed E-state index contributed by atoms with van der Waals surface area (Å²) in [6.45, 7) is 0.700. The molecule has 13 heavy (non-hydrogen) atoms. The molecule has 0 spiro atoms. The molecule has 0 radical (unpaired) electrons. The van der Waals surface area contributed by atoms with Gasteiger partial charge in [0.25, 0.3) is 0 Å². The van der Waals surface area contributed by atoms with Crippen LogP contribution in [0.1, 0.15) is 5.56 Å². The Labute approximate surface area is 91.1 Å². The van der Waals surface area contributed by atoms with Crippen molar-refractivity contribution in [2.24, 2.45) is 5.14 Å². The maximum Gasteiger partial charge on any atom is 0.238 e. The van der Waals surface area contributed by atoms with Crippen molar-refractivity contribution in [2.75, 3.05) is 0 Å². The van der Waals surface area contributed by atoms with E-state index < -0.39 is 10.0 Å². The Hall–Kier alpha value is -0.180. The summed E-state index contributed by atoms with van der Waals surface area (Å²) >= 11 is 2.02. The van der Waals surface area contributed by atoms with Gasteiger partial charge in [-0.25, -0.2) is 13.6 Å². The number of sulfonamides is 1. The van der Waals surface area contributed by atoms with Crippen LogP contribution in [0.25, 0.3) is 0 Å². The fourth-order valence-corrected chi connectivity index (χ4v) is 1.83. The maximum atomic E-state index is 10.9. The van der Waals surface area contributed by atoms with Crippen molar-refractivity contribution in [3.63, 3.8) is 0 Å². The molecular formula is C7H9IN2O2S. The molecule has 0 aromatic heterocycles. The number of primary sulfonamides is 1. The van der Waals surface area contributed by atoms with Crippen LogP contribution in [0, 0.1) is 0 Å². The highest BCUT2D eigenvalue weighted by molar-refractivity contribution is 14.1. The summed E-state index contributed by atoms with van der Waals surface area (Å²) < 4.78 is 24.7. The molecule has 0 aliphatic carbocycles. The monoisotopic (exact) mass is 312 g/mol. The number of halogens is 1. The van der Waals surface area contributed by atoms with Crippen LogP contribution in [0.4, 0.5) is 0 Å². The van der Waals surface area contributed by atoms with E-state index >= 15 is 0 Å². The highest BCUT2D eigenvalue weighted by Gasteiger charge is 2.05. The lowest BCUT2D eigenvalue weighted by Gasteiger charge is -2.00. The molecule has 0 unspecified atom stereocenters. The second kappa shape index (κ2) is 4.36. The number of rotatable bonds is 3. The third-order valence-corrected chi connectivity index (χ3v) is 2.83. The fraction of sp³-hybridized carbons (Fsp3) is 0.143. The summed E-state index contributed by atoms with van der Waals surface area (Å²) in [5.41, 5.74) is 1.02. The van der Waals surface area contributed by atoms with Gasteiger partial charge in [0.15, 0.2) is 0 Å². The quantitative estimate of drug-likeness (QED) is 0.640. The zero-order chi connectivity index (χ0) is 9.90. The Bertz CT molecular complexity index is 374. The Morgan fingerprint density at radius 3 is 2.23 bits per heavy atom. The lowest BCUT2D eigenvalue weighted by Crippen LogP contribution is -2.12. The lowest BCUT2D eigenvalue weighted by atomic mass is 10.2. The van der Waals surface area contributed by atoms with Gasteiger partial charge in [-0.2, -0.15) is 0 Å². The molecule has 0 heterocycles. The minimum absolute atomic E-state index is 0.143. The normalized spacial score (nSPS) is 11.5. The van der Waals surface area contributed by atoms with E-state index in [2.05, 4.69) is 3.53 Å². The largest absolute Gasteiger partial charge is 0.257 e. The van der Waals surface area contributed by atoms with Gasteiger partial charge >= 0.3 is 0 Å². The molecule has 0 aliphatic heterocycles. The number of benzene rings is 1. The lowest BCUT2D eigenvalue weighted by molar-refractivity contribution is 0.598. The van der Waals surface area contributed by atoms with Gasteiger partial charge < -0.3 is 0 Å². The van der Waals surface area contributed by atoms with Gasteiger partial charge in [-0.15, -0.1) is 0 Å². The summed E-state index contributed by atoms with van der Waals surface area (Å²) in [6.07, 6.45) is 0. The molecule has 0 atom stereocenters. The van der Waals surface area contributed by atoms with Crippen molar-refractivity contribution < 1.29 is 8.42 Å². The first kappa shape index (κ1) is 10.9. The average Bonchev–Trinajstić information content (AvgIpc) is 2.04. The van der Waals surface area contributed by atoms with Crippen LogP contribution in [0.2, 0.25) is 0 Å². The van der Waals surface area contributed by atoms with E-state index in [4.69, 9.17) is 5.14 Å². The number of hydrogen-bond donors (Lipinski definition) is 2. The predicted molar refractivity (Wildman–Crippen MR) is 58.7 cm³/mol. The molecule has 1 aromatic carbocycles.